The van der Waals surface area contributed by atoms with Crippen LogP contribution in [0.5, 0.6) is 0 Å². The molecule has 0 aliphatic heterocycles. The molecule has 23 heavy (non-hydrogen) atoms. The number of benzene rings is 1. The lowest BCUT2D eigenvalue weighted by atomic mass is 9.98. The molecule has 0 amide bonds. The van der Waals surface area contributed by atoms with Crippen LogP contribution in [0.3, 0.4) is 0 Å². The van der Waals surface area contributed by atoms with Crippen molar-refractivity contribution in [3.05, 3.63) is 55.0 Å². The summed E-state index contributed by atoms with van der Waals surface area (Å²) in [4.78, 5) is 0. The smallest absolute Gasteiger partial charge is 0.0568 e. The number of nitrogens with one attached hydrogen (secondary N) is 2. The van der Waals surface area contributed by atoms with E-state index in [9.17, 15) is 0 Å². The lowest BCUT2D eigenvalue weighted by Crippen LogP contribution is -2.19. The van der Waals surface area contributed by atoms with Gasteiger partial charge in [0, 0.05) is 49.3 Å². The number of allylic oxidation sites excluding steroid dienone is 1. The van der Waals surface area contributed by atoms with Gasteiger partial charge in [-0.2, -0.15) is 5.10 Å². The molecule has 0 spiro atoms. The lowest BCUT2D eigenvalue weighted by molar-refractivity contribution is 0.604. The molecular weight excluding hydrogens is 284 g/mol. The fourth-order valence-corrected chi connectivity index (χ4v) is 2.36. The van der Waals surface area contributed by atoms with Crippen LogP contribution < -0.4 is 10.6 Å². The van der Waals surface area contributed by atoms with Crippen molar-refractivity contribution < 1.29 is 0 Å². The maximum absolute atomic E-state index is 4.24. The highest BCUT2D eigenvalue weighted by atomic mass is 15.2. The van der Waals surface area contributed by atoms with E-state index in [4.69, 9.17) is 0 Å². The highest BCUT2D eigenvalue weighted by Gasteiger charge is 2.11. The summed E-state index contributed by atoms with van der Waals surface area (Å²) in [6.07, 6.45) is 3.87. The minimum Gasteiger partial charge on any atom is -0.388 e. The number of hydrogen-bond donors (Lipinski definition) is 2. The van der Waals surface area contributed by atoms with Gasteiger partial charge in [-0.1, -0.05) is 33.1 Å². The van der Waals surface area contributed by atoms with Gasteiger partial charge < -0.3 is 10.6 Å². The summed E-state index contributed by atoms with van der Waals surface area (Å²) in [6.45, 7) is 13.6. The standard InChI is InChI=1S/C19H26N4/c1-13(2)10-21-15(4)14(3)18-9-16(7-8-19(18)20-5)17-11-22-23(6)12-17/h7-9,11-13,20-21H,3-4,10H2,1-2,5-6H3. The zero-order valence-corrected chi connectivity index (χ0v) is 14.5. The van der Waals surface area contributed by atoms with Gasteiger partial charge in [0.2, 0.25) is 0 Å². The van der Waals surface area contributed by atoms with Crippen LogP contribution in [0, 0.1) is 5.92 Å². The zero-order valence-electron chi connectivity index (χ0n) is 14.5. The average Bonchev–Trinajstić information content (AvgIpc) is 2.97. The van der Waals surface area contributed by atoms with Crippen LogP contribution in [0.15, 0.2) is 49.4 Å². The van der Waals surface area contributed by atoms with E-state index in [-0.39, 0.29) is 0 Å². The molecule has 4 heteroatoms. The molecule has 0 saturated heterocycles. The molecule has 1 heterocycles. The predicted octanol–water partition coefficient (Wildman–Crippen LogP) is 3.90. The number of aromatic nitrogens is 2. The van der Waals surface area contributed by atoms with E-state index in [0.717, 1.165) is 40.2 Å². The Kier molecular flexibility index (Phi) is 5.27. The summed E-state index contributed by atoms with van der Waals surface area (Å²) in [5, 5.41) is 10.8. The zero-order chi connectivity index (χ0) is 17.0. The second kappa shape index (κ2) is 7.18. The second-order valence-corrected chi connectivity index (χ2v) is 6.14. The Morgan fingerprint density at radius 1 is 1.26 bits per heavy atom. The van der Waals surface area contributed by atoms with Crippen LogP contribution in [0.25, 0.3) is 16.7 Å². The number of aryl methyl sites for hydroxylation is 1. The molecule has 2 aromatic rings. The molecular formula is C19H26N4. The number of hydrogen-bond acceptors (Lipinski definition) is 3. The van der Waals surface area contributed by atoms with Crippen molar-refractivity contribution in [3.63, 3.8) is 0 Å². The molecule has 4 nitrogen and oxygen atoms in total. The monoisotopic (exact) mass is 310 g/mol. The van der Waals surface area contributed by atoms with Crippen LogP contribution in [0.2, 0.25) is 0 Å². The van der Waals surface area contributed by atoms with E-state index in [1.54, 1.807) is 4.68 Å². The fraction of sp³-hybridized carbons (Fsp3) is 0.316. The molecule has 1 aromatic heterocycles. The molecule has 2 N–H and O–H groups in total. The molecule has 1 aromatic carbocycles. The quantitative estimate of drug-likeness (QED) is 0.762. The maximum Gasteiger partial charge on any atom is 0.0568 e. The molecule has 2 rings (SSSR count). The molecule has 0 atom stereocenters. The van der Waals surface area contributed by atoms with Crippen molar-refractivity contribution in [2.45, 2.75) is 13.8 Å². The third-order valence-electron chi connectivity index (χ3n) is 3.74. The highest BCUT2D eigenvalue weighted by Crippen LogP contribution is 2.31. The highest BCUT2D eigenvalue weighted by molar-refractivity contribution is 5.86. The van der Waals surface area contributed by atoms with Crippen LogP contribution >= 0.6 is 0 Å². The van der Waals surface area contributed by atoms with Crippen LogP contribution in [-0.2, 0) is 7.05 Å². The fourth-order valence-electron chi connectivity index (χ4n) is 2.36. The lowest BCUT2D eigenvalue weighted by Gasteiger charge is -2.17. The normalized spacial score (nSPS) is 10.7. The predicted molar refractivity (Wildman–Crippen MR) is 99.2 cm³/mol. The van der Waals surface area contributed by atoms with Crippen LogP contribution in [0.1, 0.15) is 19.4 Å². The molecule has 0 saturated carbocycles. The summed E-state index contributed by atoms with van der Waals surface area (Å²) < 4.78 is 1.80. The minimum absolute atomic E-state index is 0.560. The van der Waals surface area contributed by atoms with Gasteiger partial charge in [-0.15, -0.1) is 0 Å². The third-order valence-corrected chi connectivity index (χ3v) is 3.74. The molecule has 0 aliphatic rings. The van der Waals surface area contributed by atoms with Crippen LogP contribution in [0.4, 0.5) is 5.69 Å². The first-order chi connectivity index (χ1) is 10.9. The van der Waals surface area contributed by atoms with Crippen molar-refractivity contribution in [2.75, 3.05) is 18.9 Å². The Bertz CT molecular complexity index is 710. The molecule has 122 valence electrons. The van der Waals surface area contributed by atoms with Gasteiger partial charge in [0.25, 0.3) is 0 Å². The van der Waals surface area contributed by atoms with Crippen molar-refractivity contribution in [1.29, 1.82) is 0 Å². The van der Waals surface area contributed by atoms with E-state index in [0.29, 0.717) is 5.92 Å². The topological polar surface area (TPSA) is 41.9 Å². The Balaban J connectivity index is 2.32. The first-order valence-corrected chi connectivity index (χ1v) is 7.85. The Morgan fingerprint density at radius 3 is 2.57 bits per heavy atom. The molecule has 0 aliphatic carbocycles. The van der Waals surface area contributed by atoms with Gasteiger partial charge in [0.05, 0.1) is 6.20 Å². The Morgan fingerprint density at radius 2 is 2.00 bits per heavy atom. The van der Waals surface area contributed by atoms with Crippen molar-refractivity contribution in [1.82, 2.24) is 15.1 Å². The van der Waals surface area contributed by atoms with E-state index in [2.05, 4.69) is 60.9 Å². The summed E-state index contributed by atoms with van der Waals surface area (Å²) in [7, 11) is 3.84. The first kappa shape index (κ1) is 16.9. The van der Waals surface area contributed by atoms with Gasteiger partial charge >= 0.3 is 0 Å². The summed E-state index contributed by atoms with van der Waals surface area (Å²) in [6, 6.07) is 6.29. The van der Waals surface area contributed by atoms with E-state index < -0.39 is 0 Å². The van der Waals surface area contributed by atoms with Crippen molar-refractivity contribution >= 4 is 11.3 Å². The first-order valence-electron chi connectivity index (χ1n) is 7.85. The minimum atomic E-state index is 0.560. The average molecular weight is 310 g/mol. The van der Waals surface area contributed by atoms with Crippen LogP contribution in [-0.4, -0.2) is 23.4 Å². The van der Waals surface area contributed by atoms with E-state index in [1.807, 2.05) is 26.5 Å². The summed E-state index contributed by atoms with van der Waals surface area (Å²) in [5.74, 6) is 0.560. The Labute approximate surface area is 138 Å². The van der Waals surface area contributed by atoms with Crippen molar-refractivity contribution in [3.8, 4) is 11.1 Å². The van der Waals surface area contributed by atoms with E-state index >= 15 is 0 Å². The van der Waals surface area contributed by atoms with Gasteiger partial charge in [-0.25, -0.2) is 0 Å². The van der Waals surface area contributed by atoms with E-state index in [1.165, 1.54) is 0 Å². The summed E-state index contributed by atoms with van der Waals surface area (Å²) in [5.41, 5.74) is 6.05. The van der Waals surface area contributed by atoms with Crippen molar-refractivity contribution in [2.24, 2.45) is 13.0 Å². The molecule has 0 unspecified atom stereocenters. The SMILES string of the molecule is C=C(NCC(C)C)C(=C)c1cc(-c2cnn(C)c2)ccc1NC. The Hall–Kier alpha value is -2.49. The second-order valence-electron chi connectivity index (χ2n) is 6.14. The number of rotatable bonds is 7. The molecule has 0 fully saturated rings. The maximum atomic E-state index is 4.24. The number of nitrogens with zero attached hydrogens (tertiary/aromatic N) is 2. The van der Waals surface area contributed by atoms with Gasteiger partial charge in [-0.3, -0.25) is 4.68 Å². The van der Waals surface area contributed by atoms with Gasteiger partial charge in [0.1, 0.15) is 0 Å². The van der Waals surface area contributed by atoms with Gasteiger partial charge in [0.15, 0.2) is 0 Å². The molecule has 0 radical (unpaired) electrons. The van der Waals surface area contributed by atoms with Gasteiger partial charge in [-0.05, 0) is 29.2 Å². The number of anilines is 1. The largest absolute Gasteiger partial charge is 0.388 e. The summed E-state index contributed by atoms with van der Waals surface area (Å²) >= 11 is 0. The molecule has 0 bridgehead atoms. The third kappa shape index (κ3) is 4.03.